The van der Waals surface area contributed by atoms with Gasteiger partial charge in [-0.2, -0.15) is 0 Å². The molecule has 0 saturated heterocycles. The van der Waals surface area contributed by atoms with Gasteiger partial charge >= 0.3 is 0 Å². The van der Waals surface area contributed by atoms with E-state index in [1.807, 2.05) is 0 Å². The first-order valence-corrected chi connectivity index (χ1v) is 7.77. The molecule has 2 aromatic rings. The normalized spacial score (nSPS) is 10.4. The number of unbranched alkanes of at least 4 members (excludes halogenated alkanes) is 1. The number of carbonyl (C=O) groups is 1. The predicted octanol–water partition coefficient (Wildman–Crippen LogP) is 3.46. The number of rotatable bonds is 9. The zero-order chi connectivity index (χ0) is 18.1. The summed E-state index contributed by atoms with van der Waals surface area (Å²) in [5.41, 5.74) is 0. The molecule has 0 fully saturated rings. The van der Waals surface area contributed by atoms with E-state index >= 15 is 0 Å². The Balaban J connectivity index is 1.55. The third-order valence-corrected chi connectivity index (χ3v) is 3.23. The molecule has 0 aliphatic heterocycles. The maximum Gasteiger partial charge on any atom is 0.257 e. The zero-order valence-corrected chi connectivity index (χ0v) is 13.4. The SMILES string of the molecule is O=C(COc1ccc(F)cc1F)NCCCCOc1ccc(F)cc1. The van der Waals surface area contributed by atoms with Gasteiger partial charge in [0.05, 0.1) is 6.61 Å². The summed E-state index contributed by atoms with van der Waals surface area (Å²) in [6.07, 6.45) is 1.38. The van der Waals surface area contributed by atoms with Crippen molar-refractivity contribution in [3.8, 4) is 11.5 Å². The Hall–Kier alpha value is -2.70. The molecule has 25 heavy (non-hydrogen) atoms. The molecular formula is C18H18F3NO3. The van der Waals surface area contributed by atoms with Crippen molar-refractivity contribution >= 4 is 5.91 Å². The summed E-state index contributed by atoms with van der Waals surface area (Å²) in [4.78, 5) is 11.6. The van der Waals surface area contributed by atoms with Gasteiger partial charge in [0.1, 0.15) is 17.4 Å². The van der Waals surface area contributed by atoms with Gasteiger partial charge in [0.2, 0.25) is 0 Å². The van der Waals surface area contributed by atoms with Gasteiger partial charge in [-0.15, -0.1) is 0 Å². The van der Waals surface area contributed by atoms with Crippen molar-refractivity contribution in [2.75, 3.05) is 19.8 Å². The van der Waals surface area contributed by atoms with Crippen LogP contribution in [0, 0.1) is 17.5 Å². The van der Waals surface area contributed by atoms with Crippen LogP contribution in [-0.4, -0.2) is 25.7 Å². The Bertz CT molecular complexity index is 692. The molecule has 2 rings (SSSR count). The molecule has 2 aromatic carbocycles. The number of carbonyl (C=O) groups excluding carboxylic acids is 1. The molecule has 0 heterocycles. The maximum absolute atomic E-state index is 13.3. The topological polar surface area (TPSA) is 47.6 Å². The summed E-state index contributed by atoms with van der Waals surface area (Å²) in [6.45, 7) is 0.508. The van der Waals surface area contributed by atoms with Crippen LogP contribution in [0.25, 0.3) is 0 Å². The van der Waals surface area contributed by atoms with Gasteiger partial charge < -0.3 is 14.8 Å². The molecule has 7 heteroatoms. The minimum atomic E-state index is -0.856. The Labute approximate surface area is 143 Å². The highest BCUT2D eigenvalue weighted by Gasteiger charge is 2.07. The summed E-state index contributed by atoms with van der Waals surface area (Å²) >= 11 is 0. The van der Waals surface area contributed by atoms with E-state index in [-0.39, 0.29) is 18.2 Å². The maximum atomic E-state index is 13.3. The molecule has 0 aromatic heterocycles. The van der Waals surface area contributed by atoms with Crippen molar-refractivity contribution in [3.05, 3.63) is 59.9 Å². The molecule has 0 aliphatic rings. The van der Waals surface area contributed by atoms with Crippen LogP contribution in [0.1, 0.15) is 12.8 Å². The van der Waals surface area contributed by atoms with E-state index in [4.69, 9.17) is 9.47 Å². The highest BCUT2D eigenvalue weighted by molar-refractivity contribution is 5.77. The fourth-order valence-electron chi connectivity index (χ4n) is 1.96. The second-order valence-electron chi connectivity index (χ2n) is 5.22. The number of ether oxygens (including phenoxy) is 2. The zero-order valence-electron chi connectivity index (χ0n) is 13.4. The molecule has 0 atom stereocenters. The third-order valence-electron chi connectivity index (χ3n) is 3.23. The van der Waals surface area contributed by atoms with Gasteiger partial charge in [0.25, 0.3) is 5.91 Å². The van der Waals surface area contributed by atoms with E-state index in [1.165, 1.54) is 12.1 Å². The van der Waals surface area contributed by atoms with E-state index in [2.05, 4.69) is 5.32 Å². The monoisotopic (exact) mass is 353 g/mol. The van der Waals surface area contributed by atoms with Crippen molar-refractivity contribution in [3.63, 3.8) is 0 Å². The van der Waals surface area contributed by atoms with Crippen LogP contribution in [0.15, 0.2) is 42.5 Å². The second-order valence-corrected chi connectivity index (χ2v) is 5.22. The first kappa shape index (κ1) is 18.6. The molecule has 0 spiro atoms. The van der Waals surface area contributed by atoms with Crippen molar-refractivity contribution in [1.82, 2.24) is 5.32 Å². The second kappa shape index (κ2) is 9.56. The Morgan fingerprint density at radius 1 is 0.920 bits per heavy atom. The minimum Gasteiger partial charge on any atom is -0.494 e. The van der Waals surface area contributed by atoms with Gasteiger partial charge in [-0.25, -0.2) is 13.2 Å². The summed E-state index contributed by atoms with van der Waals surface area (Å²) in [5, 5.41) is 2.62. The van der Waals surface area contributed by atoms with Crippen LogP contribution in [0.3, 0.4) is 0 Å². The van der Waals surface area contributed by atoms with Crippen LogP contribution in [0.2, 0.25) is 0 Å². The first-order valence-electron chi connectivity index (χ1n) is 7.77. The molecule has 0 radical (unpaired) electrons. The fourth-order valence-corrected chi connectivity index (χ4v) is 1.96. The summed E-state index contributed by atoms with van der Waals surface area (Å²) in [5.74, 6) is -1.88. The van der Waals surface area contributed by atoms with Gasteiger partial charge in [-0.1, -0.05) is 0 Å². The lowest BCUT2D eigenvalue weighted by Gasteiger charge is -2.09. The molecule has 134 valence electrons. The molecule has 1 N–H and O–H groups in total. The van der Waals surface area contributed by atoms with Crippen LogP contribution in [0.5, 0.6) is 11.5 Å². The van der Waals surface area contributed by atoms with Crippen LogP contribution >= 0.6 is 0 Å². The highest BCUT2D eigenvalue weighted by Crippen LogP contribution is 2.17. The molecule has 4 nitrogen and oxygen atoms in total. The van der Waals surface area contributed by atoms with E-state index < -0.39 is 17.5 Å². The van der Waals surface area contributed by atoms with Crippen LogP contribution < -0.4 is 14.8 Å². The molecular weight excluding hydrogens is 335 g/mol. The standard InChI is InChI=1S/C18H18F3NO3/c19-13-3-6-15(7-4-13)24-10-2-1-9-22-18(23)12-25-17-8-5-14(20)11-16(17)21/h3-8,11H,1-2,9-10,12H2,(H,22,23). The minimum absolute atomic E-state index is 0.177. The van der Waals surface area contributed by atoms with Crippen LogP contribution in [-0.2, 0) is 4.79 Å². The van der Waals surface area contributed by atoms with Gasteiger partial charge in [-0.3, -0.25) is 4.79 Å². The highest BCUT2D eigenvalue weighted by atomic mass is 19.1. The number of hydrogen-bond acceptors (Lipinski definition) is 3. The van der Waals surface area contributed by atoms with E-state index in [9.17, 15) is 18.0 Å². The fraction of sp³-hybridized carbons (Fsp3) is 0.278. The summed E-state index contributed by atoms with van der Waals surface area (Å²) in [6, 6.07) is 8.60. The Kier molecular flexibility index (Phi) is 7.13. The first-order chi connectivity index (χ1) is 12.0. The molecule has 0 aliphatic carbocycles. The van der Waals surface area contributed by atoms with Crippen LogP contribution in [0.4, 0.5) is 13.2 Å². The molecule has 0 bridgehead atoms. The van der Waals surface area contributed by atoms with Gasteiger partial charge in [0, 0.05) is 12.6 Å². The van der Waals surface area contributed by atoms with Crippen molar-refractivity contribution < 1.29 is 27.4 Å². The van der Waals surface area contributed by atoms with E-state index in [0.29, 0.717) is 37.8 Å². The predicted molar refractivity (Wildman–Crippen MR) is 86.0 cm³/mol. The van der Waals surface area contributed by atoms with Gasteiger partial charge in [-0.05, 0) is 49.2 Å². The molecule has 1 amide bonds. The summed E-state index contributed by atoms with van der Waals surface area (Å²) < 4.78 is 49.2. The molecule has 0 saturated carbocycles. The number of nitrogens with one attached hydrogen (secondary N) is 1. The van der Waals surface area contributed by atoms with Crippen molar-refractivity contribution in [2.24, 2.45) is 0 Å². The molecule has 0 unspecified atom stereocenters. The lowest BCUT2D eigenvalue weighted by atomic mass is 10.3. The Morgan fingerprint density at radius 3 is 2.36 bits per heavy atom. The average molecular weight is 353 g/mol. The number of halogens is 3. The smallest absolute Gasteiger partial charge is 0.257 e. The number of hydrogen-bond donors (Lipinski definition) is 1. The largest absolute Gasteiger partial charge is 0.494 e. The quantitative estimate of drug-likeness (QED) is 0.703. The summed E-state index contributed by atoms with van der Waals surface area (Å²) in [7, 11) is 0. The Morgan fingerprint density at radius 2 is 1.64 bits per heavy atom. The lowest BCUT2D eigenvalue weighted by molar-refractivity contribution is -0.123. The van der Waals surface area contributed by atoms with E-state index in [0.717, 1.165) is 12.1 Å². The lowest BCUT2D eigenvalue weighted by Crippen LogP contribution is -2.30. The number of benzene rings is 2. The number of amides is 1. The van der Waals surface area contributed by atoms with Crippen molar-refractivity contribution in [2.45, 2.75) is 12.8 Å². The average Bonchev–Trinajstić information content (AvgIpc) is 2.59. The van der Waals surface area contributed by atoms with Crippen molar-refractivity contribution in [1.29, 1.82) is 0 Å². The van der Waals surface area contributed by atoms with Gasteiger partial charge in [0.15, 0.2) is 18.2 Å². The van der Waals surface area contributed by atoms with E-state index in [1.54, 1.807) is 12.1 Å². The third kappa shape index (κ3) is 6.74.